The molecule has 1 heteroatoms. The van der Waals surface area contributed by atoms with Crippen molar-refractivity contribution in [2.75, 3.05) is 19.6 Å². The van der Waals surface area contributed by atoms with E-state index in [9.17, 15) is 0 Å². The molecule has 0 aromatic heterocycles. The number of likely N-dealkylation sites (tertiary alicyclic amines) is 1. The van der Waals surface area contributed by atoms with Gasteiger partial charge < -0.3 is 4.90 Å². The summed E-state index contributed by atoms with van der Waals surface area (Å²) in [6.45, 7) is 12.2. The van der Waals surface area contributed by atoms with Gasteiger partial charge in [0.1, 0.15) is 0 Å². The molecular formula is C11H21N. The number of rotatable bonds is 3. The summed E-state index contributed by atoms with van der Waals surface area (Å²) in [6, 6.07) is 0. The second-order valence-electron chi connectivity index (χ2n) is 4.27. The molecule has 0 atom stereocenters. The van der Waals surface area contributed by atoms with Gasteiger partial charge in [0, 0.05) is 6.54 Å². The summed E-state index contributed by atoms with van der Waals surface area (Å²) in [7, 11) is 0. The largest absolute Gasteiger partial charge is 0.303 e. The van der Waals surface area contributed by atoms with Crippen molar-refractivity contribution >= 4 is 0 Å². The van der Waals surface area contributed by atoms with Crippen LogP contribution in [0.3, 0.4) is 0 Å². The van der Waals surface area contributed by atoms with Gasteiger partial charge in [0.05, 0.1) is 0 Å². The van der Waals surface area contributed by atoms with Gasteiger partial charge in [-0.15, -0.1) is 6.58 Å². The van der Waals surface area contributed by atoms with Gasteiger partial charge in [0.15, 0.2) is 0 Å². The summed E-state index contributed by atoms with van der Waals surface area (Å²) in [6.07, 6.45) is 4.75. The van der Waals surface area contributed by atoms with Crippen LogP contribution in [0, 0.1) is 11.8 Å². The van der Waals surface area contributed by atoms with Crippen LogP contribution in [0.25, 0.3) is 0 Å². The Morgan fingerprint density at radius 2 is 2.00 bits per heavy atom. The molecule has 0 aromatic rings. The molecule has 1 aliphatic rings. The maximum absolute atomic E-state index is 3.85. The van der Waals surface area contributed by atoms with Crippen molar-refractivity contribution in [2.45, 2.75) is 26.7 Å². The number of allylic oxidation sites excluding steroid dienone is 1. The molecule has 1 rings (SSSR count). The fourth-order valence-corrected chi connectivity index (χ4v) is 1.89. The Hall–Kier alpha value is -0.300. The Labute approximate surface area is 76.5 Å². The highest BCUT2D eigenvalue weighted by Crippen LogP contribution is 2.18. The Bertz CT molecular complexity index is 132. The third kappa shape index (κ3) is 2.98. The molecule has 0 unspecified atom stereocenters. The summed E-state index contributed by atoms with van der Waals surface area (Å²) >= 11 is 0. The highest BCUT2D eigenvalue weighted by molar-refractivity contribution is 4.84. The van der Waals surface area contributed by atoms with Crippen molar-refractivity contribution < 1.29 is 0 Å². The smallest absolute Gasteiger partial charge is 0.000439 e. The molecule has 0 saturated carbocycles. The third-order valence-electron chi connectivity index (χ3n) is 2.59. The van der Waals surface area contributed by atoms with Crippen LogP contribution in [-0.4, -0.2) is 24.5 Å². The van der Waals surface area contributed by atoms with Gasteiger partial charge in [0.2, 0.25) is 0 Å². The van der Waals surface area contributed by atoms with Crippen LogP contribution in [0.15, 0.2) is 12.7 Å². The normalized spacial score (nSPS) is 21.6. The van der Waals surface area contributed by atoms with Crippen molar-refractivity contribution in [1.29, 1.82) is 0 Å². The fraction of sp³-hybridized carbons (Fsp3) is 0.818. The molecule has 0 aromatic carbocycles. The molecule has 1 aliphatic heterocycles. The van der Waals surface area contributed by atoms with E-state index >= 15 is 0 Å². The molecule has 0 N–H and O–H groups in total. The average Bonchev–Trinajstić information content (AvgIpc) is 2.05. The minimum absolute atomic E-state index is 0.786. The lowest BCUT2D eigenvalue weighted by Gasteiger charge is -2.31. The predicted octanol–water partition coefficient (Wildman–Crippen LogP) is 2.54. The standard InChI is InChI=1S/C11H21N/c1-4-11-5-7-12(8-6-11)9-10(2)3/h4,10-11H,1,5-9H2,2-3H3. The number of piperidine rings is 1. The van der Waals surface area contributed by atoms with Crippen LogP contribution in [0.5, 0.6) is 0 Å². The monoisotopic (exact) mass is 167 g/mol. The molecule has 12 heavy (non-hydrogen) atoms. The summed E-state index contributed by atoms with van der Waals surface area (Å²) in [5.74, 6) is 1.60. The van der Waals surface area contributed by atoms with E-state index in [1.807, 2.05) is 0 Å². The van der Waals surface area contributed by atoms with Crippen LogP contribution >= 0.6 is 0 Å². The zero-order valence-electron chi connectivity index (χ0n) is 8.42. The van der Waals surface area contributed by atoms with Crippen LogP contribution in [-0.2, 0) is 0 Å². The van der Waals surface area contributed by atoms with Gasteiger partial charge in [-0.05, 0) is 37.8 Å². The first-order valence-corrected chi connectivity index (χ1v) is 5.07. The van der Waals surface area contributed by atoms with E-state index < -0.39 is 0 Å². The molecule has 0 spiro atoms. The van der Waals surface area contributed by atoms with Gasteiger partial charge in [-0.1, -0.05) is 19.9 Å². The molecule has 1 nitrogen and oxygen atoms in total. The third-order valence-corrected chi connectivity index (χ3v) is 2.59. The van der Waals surface area contributed by atoms with Crippen molar-refractivity contribution in [3.05, 3.63) is 12.7 Å². The highest BCUT2D eigenvalue weighted by atomic mass is 15.1. The predicted molar refractivity (Wildman–Crippen MR) is 54.2 cm³/mol. The summed E-state index contributed by atoms with van der Waals surface area (Å²) in [5.41, 5.74) is 0. The summed E-state index contributed by atoms with van der Waals surface area (Å²) < 4.78 is 0. The maximum atomic E-state index is 3.85. The highest BCUT2D eigenvalue weighted by Gasteiger charge is 2.16. The van der Waals surface area contributed by atoms with Crippen molar-refractivity contribution in [1.82, 2.24) is 4.90 Å². The first-order valence-electron chi connectivity index (χ1n) is 5.07. The van der Waals surface area contributed by atoms with E-state index in [4.69, 9.17) is 0 Å². The Kier molecular flexibility index (Phi) is 3.80. The van der Waals surface area contributed by atoms with E-state index in [1.54, 1.807) is 0 Å². The second kappa shape index (κ2) is 4.66. The minimum Gasteiger partial charge on any atom is -0.303 e. The molecule has 0 bridgehead atoms. The topological polar surface area (TPSA) is 3.24 Å². The summed E-state index contributed by atoms with van der Waals surface area (Å²) in [4.78, 5) is 2.57. The fourth-order valence-electron chi connectivity index (χ4n) is 1.89. The molecule has 70 valence electrons. The molecule has 1 heterocycles. The quantitative estimate of drug-likeness (QED) is 0.584. The zero-order valence-corrected chi connectivity index (χ0v) is 8.42. The average molecular weight is 167 g/mol. The number of hydrogen-bond donors (Lipinski definition) is 0. The molecular weight excluding hydrogens is 146 g/mol. The second-order valence-corrected chi connectivity index (χ2v) is 4.27. The van der Waals surface area contributed by atoms with Crippen LogP contribution in [0.4, 0.5) is 0 Å². The molecule has 0 amide bonds. The van der Waals surface area contributed by atoms with E-state index in [1.165, 1.54) is 32.5 Å². The SMILES string of the molecule is C=CC1CCN(CC(C)C)CC1. The van der Waals surface area contributed by atoms with E-state index in [-0.39, 0.29) is 0 Å². The lowest BCUT2D eigenvalue weighted by Crippen LogP contribution is -2.35. The number of nitrogens with zero attached hydrogens (tertiary/aromatic N) is 1. The Morgan fingerprint density at radius 1 is 1.42 bits per heavy atom. The van der Waals surface area contributed by atoms with E-state index in [0.29, 0.717) is 0 Å². The van der Waals surface area contributed by atoms with E-state index in [2.05, 4.69) is 31.4 Å². The Morgan fingerprint density at radius 3 is 2.42 bits per heavy atom. The van der Waals surface area contributed by atoms with Gasteiger partial charge >= 0.3 is 0 Å². The molecule has 1 fully saturated rings. The van der Waals surface area contributed by atoms with Gasteiger partial charge in [0.25, 0.3) is 0 Å². The lowest BCUT2D eigenvalue weighted by atomic mass is 9.96. The molecule has 0 aliphatic carbocycles. The van der Waals surface area contributed by atoms with Gasteiger partial charge in [-0.2, -0.15) is 0 Å². The molecule has 1 saturated heterocycles. The van der Waals surface area contributed by atoms with Gasteiger partial charge in [-0.3, -0.25) is 0 Å². The number of hydrogen-bond acceptors (Lipinski definition) is 1. The minimum atomic E-state index is 0.786. The summed E-state index contributed by atoms with van der Waals surface area (Å²) in [5, 5.41) is 0. The lowest BCUT2D eigenvalue weighted by molar-refractivity contribution is 0.184. The first kappa shape index (κ1) is 9.79. The Balaban J connectivity index is 2.21. The molecule has 0 radical (unpaired) electrons. The van der Waals surface area contributed by atoms with Gasteiger partial charge in [-0.25, -0.2) is 0 Å². The van der Waals surface area contributed by atoms with Crippen molar-refractivity contribution in [3.8, 4) is 0 Å². The van der Waals surface area contributed by atoms with Crippen LogP contribution in [0.1, 0.15) is 26.7 Å². The van der Waals surface area contributed by atoms with Crippen LogP contribution in [0.2, 0.25) is 0 Å². The van der Waals surface area contributed by atoms with Crippen molar-refractivity contribution in [2.24, 2.45) is 11.8 Å². The maximum Gasteiger partial charge on any atom is 0.000439 e. The first-order chi connectivity index (χ1) is 5.72. The zero-order chi connectivity index (χ0) is 8.97. The van der Waals surface area contributed by atoms with E-state index in [0.717, 1.165) is 11.8 Å². The van der Waals surface area contributed by atoms with Crippen molar-refractivity contribution in [3.63, 3.8) is 0 Å². The van der Waals surface area contributed by atoms with Crippen LogP contribution < -0.4 is 0 Å².